The maximum Gasteiger partial charge on any atom is 0.260 e. The van der Waals surface area contributed by atoms with Crippen molar-refractivity contribution in [2.45, 2.75) is 44.7 Å². The van der Waals surface area contributed by atoms with Gasteiger partial charge in [0.05, 0.1) is 22.1 Å². The predicted octanol–water partition coefficient (Wildman–Crippen LogP) is 4.01. The van der Waals surface area contributed by atoms with E-state index >= 15 is 0 Å². The summed E-state index contributed by atoms with van der Waals surface area (Å²) < 4.78 is 3.63. The minimum Gasteiger partial charge on any atom is -0.507 e. The summed E-state index contributed by atoms with van der Waals surface area (Å²) >= 11 is 0. The number of phenolic OH excluding ortho intramolecular Hbond substituents is 1. The molecule has 0 aliphatic heterocycles. The average Bonchev–Trinajstić information content (AvgIpc) is 3.17. The first-order chi connectivity index (χ1) is 15.3. The Balaban J connectivity index is 1.52. The molecule has 0 amide bonds. The number of nitrogens with zero attached hydrogens (tertiary/aromatic N) is 5. The number of aryl methyl sites for hydroxylation is 2. The van der Waals surface area contributed by atoms with Crippen molar-refractivity contribution in [2.24, 2.45) is 7.05 Å². The topological polar surface area (TPSA) is 76.2 Å². The summed E-state index contributed by atoms with van der Waals surface area (Å²) in [5.41, 5.74) is 3.46. The fourth-order valence-electron chi connectivity index (χ4n) is 5.07. The van der Waals surface area contributed by atoms with Crippen LogP contribution in [0.2, 0.25) is 0 Å². The van der Waals surface area contributed by atoms with Crippen LogP contribution in [0, 0.1) is 6.92 Å². The van der Waals surface area contributed by atoms with Gasteiger partial charge in [-0.05, 0) is 71.0 Å². The highest BCUT2D eigenvalue weighted by atomic mass is 16.3. The van der Waals surface area contributed by atoms with Gasteiger partial charge in [0.25, 0.3) is 5.56 Å². The molecular weight excluding hydrogens is 402 g/mol. The van der Waals surface area contributed by atoms with Gasteiger partial charge in [0, 0.05) is 48.0 Å². The van der Waals surface area contributed by atoms with E-state index in [-0.39, 0.29) is 17.4 Å². The monoisotopic (exact) mass is 431 g/mol. The quantitative estimate of drug-likeness (QED) is 0.530. The number of pyridine rings is 2. The van der Waals surface area contributed by atoms with Gasteiger partial charge in [0.2, 0.25) is 0 Å². The van der Waals surface area contributed by atoms with Crippen molar-refractivity contribution in [1.29, 1.82) is 0 Å². The summed E-state index contributed by atoms with van der Waals surface area (Å²) in [7, 11) is 6.12. The number of hydrogen-bond acceptors (Lipinski definition) is 5. The van der Waals surface area contributed by atoms with Crippen molar-refractivity contribution in [3.8, 4) is 17.0 Å². The van der Waals surface area contributed by atoms with Crippen LogP contribution in [0.4, 0.5) is 0 Å². The van der Waals surface area contributed by atoms with Crippen molar-refractivity contribution in [2.75, 3.05) is 14.1 Å². The summed E-state index contributed by atoms with van der Waals surface area (Å²) in [5, 5.41) is 16.8. The second-order valence-electron chi connectivity index (χ2n) is 9.22. The molecule has 7 heteroatoms. The van der Waals surface area contributed by atoms with E-state index < -0.39 is 0 Å². The van der Waals surface area contributed by atoms with Crippen molar-refractivity contribution < 1.29 is 5.11 Å². The predicted molar refractivity (Wildman–Crippen MR) is 127 cm³/mol. The van der Waals surface area contributed by atoms with Gasteiger partial charge in [-0.2, -0.15) is 5.10 Å². The highest BCUT2D eigenvalue weighted by Gasteiger charge is 2.24. The molecule has 0 unspecified atom stereocenters. The molecule has 0 bridgehead atoms. The number of rotatable bonds is 3. The maximum atomic E-state index is 13.2. The number of aromatic hydroxyl groups is 1. The molecule has 0 radical (unpaired) electrons. The van der Waals surface area contributed by atoms with Crippen LogP contribution in [0.3, 0.4) is 0 Å². The van der Waals surface area contributed by atoms with Crippen LogP contribution >= 0.6 is 0 Å². The van der Waals surface area contributed by atoms with E-state index in [2.05, 4.69) is 24.1 Å². The highest BCUT2D eigenvalue weighted by molar-refractivity contribution is 5.91. The molecule has 0 atom stereocenters. The Morgan fingerprint density at radius 3 is 2.59 bits per heavy atom. The zero-order valence-electron chi connectivity index (χ0n) is 19.0. The molecule has 1 aliphatic rings. The molecular formula is C25H29N5O2. The van der Waals surface area contributed by atoms with E-state index in [1.807, 2.05) is 55.2 Å². The van der Waals surface area contributed by atoms with Crippen molar-refractivity contribution >= 4 is 21.8 Å². The smallest absolute Gasteiger partial charge is 0.260 e. The summed E-state index contributed by atoms with van der Waals surface area (Å²) in [6.45, 7) is 1.86. The Hall–Kier alpha value is -3.19. The molecule has 0 spiro atoms. The lowest BCUT2D eigenvalue weighted by molar-refractivity contribution is 0.194. The molecule has 1 fully saturated rings. The Labute approximate surface area is 186 Å². The Morgan fingerprint density at radius 1 is 1.12 bits per heavy atom. The SMILES string of the molecule is Cc1c(O)c(-c2ccc3c(=O)n([C@H]4CC[C@@H](N(C)C)CC4)ccc3n2)cc2cn(C)nc12. The number of fused-ring (bicyclic) bond motifs is 2. The molecule has 7 nitrogen and oxygen atoms in total. The van der Waals surface area contributed by atoms with Crippen LogP contribution in [-0.4, -0.2) is 49.5 Å². The third kappa shape index (κ3) is 3.37. The van der Waals surface area contributed by atoms with E-state index in [4.69, 9.17) is 4.98 Å². The van der Waals surface area contributed by atoms with E-state index in [1.54, 1.807) is 4.68 Å². The Bertz CT molecular complexity index is 1380. The number of benzene rings is 1. The lowest BCUT2D eigenvalue weighted by Gasteiger charge is -2.33. The van der Waals surface area contributed by atoms with Gasteiger partial charge in [-0.1, -0.05) is 0 Å². The second kappa shape index (κ2) is 7.74. The van der Waals surface area contributed by atoms with Crippen LogP contribution in [0.25, 0.3) is 33.1 Å². The highest BCUT2D eigenvalue weighted by Crippen LogP contribution is 2.36. The van der Waals surface area contributed by atoms with Crippen LogP contribution in [0.1, 0.15) is 37.3 Å². The lowest BCUT2D eigenvalue weighted by Crippen LogP contribution is -2.35. The molecule has 5 rings (SSSR count). The van der Waals surface area contributed by atoms with Gasteiger partial charge < -0.3 is 14.6 Å². The molecule has 0 saturated heterocycles. The Morgan fingerprint density at radius 2 is 1.88 bits per heavy atom. The minimum absolute atomic E-state index is 0.0120. The third-order valence-electron chi connectivity index (χ3n) is 6.97. The lowest BCUT2D eigenvalue weighted by atomic mass is 9.90. The minimum atomic E-state index is 0.0120. The second-order valence-corrected chi connectivity index (χ2v) is 9.22. The zero-order chi connectivity index (χ0) is 22.6. The largest absolute Gasteiger partial charge is 0.507 e. The van der Waals surface area contributed by atoms with E-state index in [1.165, 1.54) is 0 Å². The summed E-state index contributed by atoms with van der Waals surface area (Å²) in [6, 6.07) is 8.33. The zero-order valence-corrected chi connectivity index (χ0v) is 19.0. The summed E-state index contributed by atoms with van der Waals surface area (Å²) in [5.74, 6) is 0.175. The van der Waals surface area contributed by atoms with Crippen molar-refractivity contribution in [1.82, 2.24) is 24.2 Å². The van der Waals surface area contributed by atoms with E-state index in [0.29, 0.717) is 28.2 Å². The first-order valence-corrected chi connectivity index (χ1v) is 11.2. The van der Waals surface area contributed by atoms with E-state index in [0.717, 1.165) is 42.1 Å². The molecule has 3 aromatic heterocycles. The fourth-order valence-corrected chi connectivity index (χ4v) is 5.07. The first kappa shape index (κ1) is 20.7. The van der Waals surface area contributed by atoms with Crippen molar-refractivity contribution in [3.05, 3.63) is 52.6 Å². The van der Waals surface area contributed by atoms with Crippen LogP contribution in [0.15, 0.2) is 41.5 Å². The number of phenols is 1. The summed E-state index contributed by atoms with van der Waals surface area (Å²) in [6.07, 6.45) is 8.05. The molecule has 3 heterocycles. The van der Waals surface area contributed by atoms with Gasteiger partial charge in [-0.15, -0.1) is 0 Å². The van der Waals surface area contributed by atoms with Gasteiger partial charge in [-0.3, -0.25) is 9.48 Å². The van der Waals surface area contributed by atoms with Gasteiger partial charge in [0.15, 0.2) is 0 Å². The van der Waals surface area contributed by atoms with Gasteiger partial charge in [-0.25, -0.2) is 4.98 Å². The molecule has 166 valence electrons. The first-order valence-electron chi connectivity index (χ1n) is 11.2. The average molecular weight is 432 g/mol. The molecule has 1 N–H and O–H groups in total. The van der Waals surface area contributed by atoms with Crippen LogP contribution in [-0.2, 0) is 7.05 Å². The molecule has 4 aromatic rings. The molecule has 1 saturated carbocycles. The maximum absolute atomic E-state index is 13.2. The third-order valence-corrected chi connectivity index (χ3v) is 6.97. The number of aromatic nitrogens is 4. The summed E-state index contributed by atoms with van der Waals surface area (Å²) in [4.78, 5) is 20.3. The van der Waals surface area contributed by atoms with Crippen LogP contribution in [0.5, 0.6) is 5.75 Å². The molecule has 32 heavy (non-hydrogen) atoms. The standard InChI is InChI=1S/C25H29N5O2/c1-15-23-16(14-29(4)27-23)13-20(24(15)31)21-10-9-19-22(26-21)11-12-30(25(19)32)18-7-5-17(6-8-18)28(2)3/h9-14,17-18,31H,5-8H2,1-4H3/t17-,18+. The van der Waals surface area contributed by atoms with Gasteiger partial charge in [0.1, 0.15) is 5.75 Å². The fraction of sp³-hybridized carbons (Fsp3) is 0.400. The number of hydrogen-bond donors (Lipinski definition) is 1. The van der Waals surface area contributed by atoms with Crippen LogP contribution < -0.4 is 5.56 Å². The van der Waals surface area contributed by atoms with Gasteiger partial charge >= 0.3 is 0 Å². The normalized spacial score (nSPS) is 19.3. The Kier molecular flexibility index (Phi) is 5.01. The molecule has 1 aliphatic carbocycles. The molecule has 1 aromatic carbocycles. The van der Waals surface area contributed by atoms with E-state index in [9.17, 15) is 9.90 Å². The van der Waals surface area contributed by atoms with Crippen molar-refractivity contribution in [3.63, 3.8) is 0 Å².